The highest BCUT2D eigenvalue weighted by atomic mass is 16.5. The van der Waals surface area contributed by atoms with Gasteiger partial charge in [0, 0.05) is 36.0 Å². The number of nitrogens with zero attached hydrogens (tertiary/aromatic N) is 6. The molecule has 4 rings (SSSR count). The Morgan fingerprint density at radius 3 is 2.72 bits per heavy atom. The van der Waals surface area contributed by atoms with E-state index in [1.54, 1.807) is 49.8 Å². The van der Waals surface area contributed by atoms with E-state index in [2.05, 4.69) is 36.0 Å². The van der Waals surface area contributed by atoms with Crippen LogP contribution in [0.15, 0.2) is 54.9 Å². The van der Waals surface area contributed by atoms with Crippen LogP contribution in [0.25, 0.3) is 11.3 Å². The van der Waals surface area contributed by atoms with Crippen molar-refractivity contribution >= 4 is 28.9 Å². The van der Waals surface area contributed by atoms with Gasteiger partial charge < -0.3 is 20.7 Å². The summed E-state index contributed by atoms with van der Waals surface area (Å²) in [5, 5.41) is 24.4. The Kier molecular flexibility index (Phi) is 4.87. The standard InChI is InChI=1S/C21H21N9O2/c1-22-21(31)19-15(11-18(27-28-19)26-17-9-4-5-10-23-17)25-14-8-6-7-13(20(14)32-3)16-12-24-30(2)29-16/h4-12H,1-3H3,(H,22,31)(H2,23,25,26,27)/i1D3. The van der Waals surface area contributed by atoms with E-state index in [4.69, 9.17) is 8.85 Å². The number of hydrogen-bond acceptors (Lipinski definition) is 9. The van der Waals surface area contributed by atoms with E-state index in [-0.39, 0.29) is 17.2 Å². The minimum Gasteiger partial charge on any atom is -0.494 e. The molecule has 4 aromatic rings. The number of anilines is 4. The van der Waals surface area contributed by atoms with Gasteiger partial charge >= 0.3 is 0 Å². The molecule has 0 unspecified atom stereocenters. The summed E-state index contributed by atoms with van der Waals surface area (Å²) in [4.78, 5) is 18.3. The fourth-order valence-corrected chi connectivity index (χ4v) is 3.01. The minimum absolute atomic E-state index is 0.190. The Bertz CT molecular complexity index is 1340. The fourth-order valence-electron chi connectivity index (χ4n) is 3.01. The summed E-state index contributed by atoms with van der Waals surface area (Å²) in [7, 11) is 3.20. The average Bonchev–Trinajstić information content (AvgIpc) is 3.24. The topological polar surface area (TPSA) is 132 Å². The molecule has 3 heterocycles. The number of pyridine rings is 1. The molecule has 1 aromatic carbocycles. The molecule has 0 radical (unpaired) electrons. The molecule has 0 spiro atoms. The van der Waals surface area contributed by atoms with Crippen molar-refractivity contribution in [3.05, 3.63) is 60.6 Å². The summed E-state index contributed by atoms with van der Waals surface area (Å²) in [6.07, 6.45) is 3.20. The van der Waals surface area contributed by atoms with Gasteiger partial charge in [-0.05, 0) is 24.3 Å². The van der Waals surface area contributed by atoms with Crippen LogP contribution in [-0.4, -0.2) is 50.2 Å². The zero-order valence-electron chi connectivity index (χ0n) is 20.2. The van der Waals surface area contributed by atoms with Crippen LogP contribution in [-0.2, 0) is 7.05 Å². The van der Waals surface area contributed by atoms with Crippen LogP contribution < -0.4 is 20.7 Å². The van der Waals surface area contributed by atoms with Gasteiger partial charge in [-0.1, -0.05) is 12.1 Å². The summed E-state index contributed by atoms with van der Waals surface area (Å²) in [6, 6.07) is 12.1. The van der Waals surface area contributed by atoms with Gasteiger partial charge in [0.05, 0.1) is 24.7 Å². The Morgan fingerprint density at radius 2 is 2.00 bits per heavy atom. The summed E-state index contributed by atoms with van der Waals surface area (Å²) >= 11 is 0. The molecule has 0 bridgehead atoms. The molecule has 0 saturated carbocycles. The van der Waals surface area contributed by atoms with Gasteiger partial charge in [0.15, 0.2) is 17.3 Å². The lowest BCUT2D eigenvalue weighted by Gasteiger charge is -2.16. The Hall–Kier alpha value is -4.54. The van der Waals surface area contributed by atoms with Crippen molar-refractivity contribution < 1.29 is 13.6 Å². The molecule has 162 valence electrons. The van der Waals surface area contributed by atoms with Gasteiger partial charge in [0.2, 0.25) is 0 Å². The zero-order valence-corrected chi connectivity index (χ0v) is 17.2. The first-order valence-electron chi connectivity index (χ1n) is 10.9. The number of carbonyl (C=O) groups is 1. The predicted octanol–water partition coefficient (Wildman–Crippen LogP) is 2.52. The molecule has 0 aliphatic rings. The number of nitrogens with one attached hydrogen (secondary N) is 3. The molecule has 3 N–H and O–H groups in total. The molecular weight excluding hydrogens is 410 g/mol. The fraction of sp³-hybridized carbons (Fsp3) is 0.143. The first-order chi connectivity index (χ1) is 16.7. The van der Waals surface area contributed by atoms with Gasteiger partial charge in [0.1, 0.15) is 11.5 Å². The smallest absolute Gasteiger partial charge is 0.273 e. The Balaban J connectivity index is 1.75. The second-order valence-electron chi connectivity index (χ2n) is 6.52. The molecule has 0 atom stereocenters. The van der Waals surface area contributed by atoms with Gasteiger partial charge in [-0.25, -0.2) is 4.98 Å². The molecule has 0 aliphatic carbocycles. The maximum Gasteiger partial charge on any atom is 0.273 e. The number of hydrogen-bond donors (Lipinski definition) is 3. The Morgan fingerprint density at radius 1 is 1.09 bits per heavy atom. The first-order valence-corrected chi connectivity index (χ1v) is 9.42. The van der Waals surface area contributed by atoms with Crippen molar-refractivity contribution in [3.63, 3.8) is 0 Å². The third-order valence-electron chi connectivity index (χ3n) is 4.41. The van der Waals surface area contributed by atoms with E-state index >= 15 is 0 Å². The molecule has 0 saturated heterocycles. The number of aromatic nitrogens is 6. The number of benzene rings is 1. The lowest BCUT2D eigenvalue weighted by Crippen LogP contribution is -2.21. The number of carbonyl (C=O) groups excluding carboxylic acids is 1. The van der Waals surface area contributed by atoms with Crippen molar-refractivity contribution in [2.45, 2.75) is 0 Å². The molecule has 11 heteroatoms. The van der Waals surface area contributed by atoms with Crippen molar-refractivity contribution in [3.8, 4) is 17.0 Å². The lowest BCUT2D eigenvalue weighted by atomic mass is 10.1. The van der Waals surface area contributed by atoms with Crippen molar-refractivity contribution in [2.75, 3.05) is 24.7 Å². The van der Waals surface area contributed by atoms with Crippen LogP contribution in [0.5, 0.6) is 5.75 Å². The molecule has 32 heavy (non-hydrogen) atoms. The summed E-state index contributed by atoms with van der Waals surface area (Å²) < 4.78 is 27.7. The minimum atomic E-state index is -2.70. The second-order valence-corrected chi connectivity index (χ2v) is 6.52. The molecular formula is C21H21N9O2. The van der Waals surface area contributed by atoms with E-state index < -0.39 is 12.9 Å². The highest BCUT2D eigenvalue weighted by Gasteiger charge is 2.18. The van der Waals surface area contributed by atoms with Gasteiger partial charge in [-0.15, -0.1) is 10.2 Å². The highest BCUT2D eigenvalue weighted by Crippen LogP contribution is 2.37. The van der Waals surface area contributed by atoms with Crippen molar-refractivity contribution in [1.82, 2.24) is 35.5 Å². The van der Waals surface area contributed by atoms with Crippen molar-refractivity contribution in [2.24, 2.45) is 7.05 Å². The van der Waals surface area contributed by atoms with Crippen LogP contribution in [0.1, 0.15) is 14.6 Å². The summed E-state index contributed by atoms with van der Waals surface area (Å²) in [6.45, 7) is -2.70. The number of aryl methyl sites for hydroxylation is 1. The monoisotopic (exact) mass is 434 g/mol. The predicted molar refractivity (Wildman–Crippen MR) is 119 cm³/mol. The van der Waals surface area contributed by atoms with E-state index in [0.29, 0.717) is 28.5 Å². The normalized spacial score (nSPS) is 12.2. The van der Waals surface area contributed by atoms with Crippen molar-refractivity contribution in [1.29, 1.82) is 0 Å². The number of para-hydroxylation sites is 1. The third kappa shape index (κ3) is 4.31. The number of amides is 1. The number of rotatable bonds is 7. The lowest BCUT2D eigenvalue weighted by molar-refractivity contribution is 0.0958. The highest BCUT2D eigenvalue weighted by molar-refractivity contribution is 5.99. The number of methoxy groups -OCH3 is 1. The average molecular weight is 434 g/mol. The zero-order chi connectivity index (χ0) is 25.0. The quantitative estimate of drug-likeness (QED) is 0.401. The van der Waals surface area contributed by atoms with E-state index in [0.717, 1.165) is 0 Å². The van der Waals surface area contributed by atoms with Gasteiger partial charge in [-0.3, -0.25) is 4.79 Å². The van der Waals surface area contributed by atoms with Crippen LogP contribution >= 0.6 is 0 Å². The number of ether oxygens (including phenoxy) is 1. The molecule has 3 aromatic heterocycles. The van der Waals surface area contributed by atoms with Gasteiger partial charge in [0.25, 0.3) is 5.91 Å². The largest absolute Gasteiger partial charge is 0.494 e. The molecule has 0 fully saturated rings. The van der Waals surface area contributed by atoms with Crippen LogP contribution in [0.4, 0.5) is 23.0 Å². The Labute approximate surface area is 188 Å². The van der Waals surface area contributed by atoms with Gasteiger partial charge in [-0.2, -0.15) is 15.0 Å². The van der Waals surface area contributed by atoms with E-state index in [1.165, 1.54) is 18.0 Å². The molecule has 1 amide bonds. The van der Waals surface area contributed by atoms with Crippen LogP contribution in [0.3, 0.4) is 0 Å². The molecule has 0 aliphatic heterocycles. The third-order valence-corrected chi connectivity index (χ3v) is 4.41. The van der Waals surface area contributed by atoms with E-state index in [9.17, 15) is 4.79 Å². The van der Waals surface area contributed by atoms with E-state index in [1.807, 2.05) is 11.4 Å². The molecule has 11 nitrogen and oxygen atoms in total. The second kappa shape index (κ2) is 9.08. The maximum absolute atomic E-state index is 12.7. The summed E-state index contributed by atoms with van der Waals surface area (Å²) in [5.41, 5.74) is 1.69. The van der Waals surface area contributed by atoms with Crippen LogP contribution in [0.2, 0.25) is 0 Å². The summed E-state index contributed by atoms with van der Waals surface area (Å²) in [5.74, 6) is 0.301. The SMILES string of the molecule is [2H]C([2H])([2H])NC(=O)c1nnc(Nc2ccccn2)cc1Nc1cccc(-c2cnn(C)n2)c1OC. The van der Waals surface area contributed by atoms with Crippen LogP contribution in [0, 0.1) is 0 Å². The maximum atomic E-state index is 12.7. The first kappa shape index (κ1) is 17.2.